The van der Waals surface area contributed by atoms with Gasteiger partial charge in [-0.1, -0.05) is 74.7 Å². The van der Waals surface area contributed by atoms with Crippen LogP contribution in [0.3, 0.4) is 0 Å². The van der Waals surface area contributed by atoms with Crippen molar-refractivity contribution in [3.63, 3.8) is 0 Å². The second-order valence-electron chi connectivity index (χ2n) is 8.78. The van der Waals surface area contributed by atoms with E-state index in [0.29, 0.717) is 18.4 Å². The van der Waals surface area contributed by atoms with Crippen molar-refractivity contribution in [3.05, 3.63) is 70.8 Å². The SMILES string of the molecule is CCCCCCc1ccc(C(=O)CN2C(=O)NC3(CCc4ccccc4C3)C2=O)cc1. The summed E-state index contributed by atoms with van der Waals surface area (Å²) in [7, 11) is 0. The molecule has 4 rings (SSSR count). The van der Waals surface area contributed by atoms with E-state index in [1.165, 1.54) is 30.4 Å². The molecule has 31 heavy (non-hydrogen) atoms. The molecular weight excluding hydrogens is 388 g/mol. The van der Waals surface area contributed by atoms with Gasteiger partial charge in [-0.25, -0.2) is 4.79 Å². The summed E-state index contributed by atoms with van der Waals surface area (Å²) in [6.45, 7) is 1.98. The van der Waals surface area contributed by atoms with Crippen molar-refractivity contribution in [2.75, 3.05) is 6.54 Å². The van der Waals surface area contributed by atoms with Crippen molar-refractivity contribution in [1.29, 1.82) is 0 Å². The lowest BCUT2D eigenvalue weighted by molar-refractivity contribution is -0.131. The number of aryl methyl sites for hydroxylation is 2. The molecule has 2 aromatic carbocycles. The summed E-state index contributed by atoms with van der Waals surface area (Å²) in [5.74, 6) is -0.498. The number of fused-ring (bicyclic) bond motifs is 1. The summed E-state index contributed by atoms with van der Waals surface area (Å²) in [6.07, 6.45) is 7.61. The first-order valence-electron chi connectivity index (χ1n) is 11.4. The lowest BCUT2D eigenvalue weighted by Gasteiger charge is -2.32. The number of carbonyl (C=O) groups is 3. The number of hydrogen-bond acceptors (Lipinski definition) is 3. The third-order valence-electron chi connectivity index (χ3n) is 6.57. The van der Waals surface area contributed by atoms with Crippen LogP contribution in [0.2, 0.25) is 0 Å². The van der Waals surface area contributed by atoms with E-state index < -0.39 is 11.6 Å². The fourth-order valence-corrected chi connectivity index (χ4v) is 4.69. The number of unbranched alkanes of at least 4 members (excludes halogenated alkanes) is 3. The van der Waals surface area contributed by atoms with Crippen molar-refractivity contribution in [2.45, 2.75) is 63.8 Å². The maximum atomic E-state index is 13.2. The van der Waals surface area contributed by atoms with E-state index >= 15 is 0 Å². The molecular formula is C26H30N2O3. The van der Waals surface area contributed by atoms with E-state index in [9.17, 15) is 14.4 Å². The molecule has 0 bridgehead atoms. The van der Waals surface area contributed by atoms with Crippen LogP contribution in [0.1, 0.15) is 66.1 Å². The zero-order chi connectivity index (χ0) is 21.8. The molecule has 3 amide bonds. The van der Waals surface area contributed by atoms with Crippen molar-refractivity contribution in [1.82, 2.24) is 10.2 Å². The number of Topliss-reactive ketones (excluding diaryl/α,β-unsaturated/α-hetero) is 1. The molecule has 0 aromatic heterocycles. The van der Waals surface area contributed by atoms with Gasteiger partial charge in [-0.15, -0.1) is 0 Å². The van der Waals surface area contributed by atoms with Gasteiger partial charge in [-0.3, -0.25) is 14.5 Å². The van der Waals surface area contributed by atoms with Crippen molar-refractivity contribution in [2.24, 2.45) is 0 Å². The predicted molar refractivity (Wildman–Crippen MR) is 120 cm³/mol. The maximum Gasteiger partial charge on any atom is 0.325 e. The Morgan fingerprint density at radius 2 is 1.74 bits per heavy atom. The third-order valence-corrected chi connectivity index (χ3v) is 6.57. The Bertz CT molecular complexity index is 982. The predicted octanol–water partition coefficient (Wildman–Crippen LogP) is 4.47. The van der Waals surface area contributed by atoms with Crippen LogP contribution < -0.4 is 5.32 Å². The van der Waals surface area contributed by atoms with E-state index in [0.717, 1.165) is 29.7 Å². The molecule has 1 atom stereocenters. The minimum absolute atomic E-state index is 0.214. The molecule has 1 spiro atoms. The summed E-state index contributed by atoms with van der Waals surface area (Å²) in [5.41, 5.74) is 3.13. The molecule has 2 aliphatic rings. The smallest absolute Gasteiger partial charge is 0.323 e. The Balaban J connectivity index is 1.40. The van der Waals surface area contributed by atoms with Crippen molar-refractivity contribution < 1.29 is 14.4 Å². The van der Waals surface area contributed by atoms with Gasteiger partial charge in [0.05, 0.1) is 6.54 Å². The average molecular weight is 419 g/mol. The number of carbonyl (C=O) groups excluding carboxylic acids is 3. The first-order chi connectivity index (χ1) is 15.0. The number of imide groups is 1. The van der Waals surface area contributed by atoms with Crippen LogP contribution in [0.4, 0.5) is 4.79 Å². The van der Waals surface area contributed by atoms with Crippen LogP contribution in [0, 0.1) is 0 Å². The Morgan fingerprint density at radius 3 is 2.48 bits per heavy atom. The lowest BCUT2D eigenvalue weighted by Crippen LogP contribution is -2.51. The molecule has 5 nitrogen and oxygen atoms in total. The standard InChI is InChI=1S/C26H30N2O3/c1-2-3-4-5-8-19-11-13-21(14-12-19)23(29)18-28-24(30)26(27-25(28)31)16-15-20-9-6-7-10-22(20)17-26/h6-7,9-14H,2-5,8,15-18H2,1H3,(H,27,31). The zero-order valence-corrected chi connectivity index (χ0v) is 18.2. The first-order valence-corrected chi connectivity index (χ1v) is 11.4. The van der Waals surface area contributed by atoms with E-state index in [4.69, 9.17) is 0 Å². The monoisotopic (exact) mass is 418 g/mol. The number of urea groups is 1. The Kier molecular flexibility index (Phi) is 6.21. The largest absolute Gasteiger partial charge is 0.325 e. The fraction of sp³-hybridized carbons (Fsp3) is 0.423. The Labute approximate surface area is 183 Å². The van der Waals surface area contributed by atoms with Crippen LogP contribution in [0.25, 0.3) is 0 Å². The Morgan fingerprint density at radius 1 is 1.00 bits per heavy atom. The molecule has 1 N–H and O–H groups in total. The summed E-state index contributed by atoms with van der Waals surface area (Å²) < 4.78 is 0. The highest BCUT2D eigenvalue weighted by atomic mass is 16.2. The number of amides is 3. The number of nitrogens with one attached hydrogen (secondary N) is 1. The van der Waals surface area contributed by atoms with Gasteiger partial charge in [0.15, 0.2) is 5.78 Å². The minimum Gasteiger partial charge on any atom is -0.323 e. The molecule has 5 heteroatoms. The second-order valence-corrected chi connectivity index (χ2v) is 8.78. The molecule has 1 saturated heterocycles. The van der Waals surface area contributed by atoms with Gasteiger partial charge < -0.3 is 5.32 Å². The molecule has 1 aliphatic heterocycles. The van der Waals surface area contributed by atoms with Gasteiger partial charge in [0, 0.05) is 12.0 Å². The number of ketones is 1. The lowest BCUT2D eigenvalue weighted by atomic mass is 9.78. The van der Waals surface area contributed by atoms with E-state index in [1.54, 1.807) is 0 Å². The zero-order valence-electron chi connectivity index (χ0n) is 18.2. The first kappa shape index (κ1) is 21.3. The maximum absolute atomic E-state index is 13.2. The fourth-order valence-electron chi connectivity index (χ4n) is 4.69. The van der Waals surface area contributed by atoms with Crippen LogP contribution in [-0.2, 0) is 24.1 Å². The second kappa shape index (κ2) is 9.04. The highest BCUT2D eigenvalue weighted by molar-refractivity contribution is 6.11. The Hall–Kier alpha value is -2.95. The minimum atomic E-state index is -0.923. The molecule has 0 saturated carbocycles. The van der Waals surface area contributed by atoms with Gasteiger partial charge >= 0.3 is 6.03 Å². The highest BCUT2D eigenvalue weighted by Gasteiger charge is 2.52. The van der Waals surface area contributed by atoms with Gasteiger partial charge in [0.25, 0.3) is 5.91 Å². The molecule has 1 unspecified atom stereocenters. The van der Waals surface area contributed by atoms with Gasteiger partial charge in [-0.2, -0.15) is 0 Å². The van der Waals surface area contributed by atoms with E-state index in [-0.39, 0.29) is 18.2 Å². The van der Waals surface area contributed by atoms with Crippen LogP contribution >= 0.6 is 0 Å². The average Bonchev–Trinajstić information content (AvgIpc) is 3.00. The summed E-state index contributed by atoms with van der Waals surface area (Å²) in [5, 5.41) is 2.89. The van der Waals surface area contributed by atoms with E-state index in [2.05, 4.69) is 18.3 Å². The normalized spacial score (nSPS) is 20.1. The number of rotatable bonds is 8. The van der Waals surface area contributed by atoms with Crippen molar-refractivity contribution >= 4 is 17.7 Å². The third kappa shape index (κ3) is 4.41. The summed E-state index contributed by atoms with van der Waals surface area (Å²) in [4.78, 5) is 39.7. The number of benzene rings is 2. The van der Waals surface area contributed by atoms with Gasteiger partial charge in [-0.05, 0) is 42.4 Å². The van der Waals surface area contributed by atoms with Crippen LogP contribution in [0.15, 0.2) is 48.5 Å². The van der Waals surface area contributed by atoms with Crippen molar-refractivity contribution in [3.8, 4) is 0 Å². The number of hydrogen-bond donors (Lipinski definition) is 1. The van der Waals surface area contributed by atoms with Gasteiger partial charge in [0.2, 0.25) is 0 Å². The van der Waals surface area contributed by atoms with E-state index in [1.807, 2.05) is 42.5 Å². The quantitative estimate of drug-likeness (QED) is 0.391. The summed E-state index contributed by atoms with van der Waals surface area (Å²) in [6, 6.07) is 15.1. The van der Waals surface area contributed by atoms with Crippen LogP contribution in [0.5, 0.6) is 0 Å². The van der Waals surface area contributed by atoms with Crippen LogP contribution in [-0.4, -0.2) is 34.7 Å². The molecule has 1 heterocycles. The molecule has 2 aromatic rings. The molecule has 1 fully saturated rings. The molecule has 0 radical (unpaired) electrons. The molecule has 1 aliphatic carbocycles. The molecule has 162 valence electrons. The summed E-state index contributed by atoms with van der Waals surface area (Å²) >= 11 is 0. The number of nitrogens with zero attached hydrogens (tertiary/aromatic N) is 1. The highest BCUT2D eigenvalue weighted by Crippen LogP contribution is 2.33. The topological polar surface area (TPSA) is 66.5 Å². The van der Waals surface area contributed by atoms with Gasteiger partial charge in [0.1, 0.15) is 5.54 Å².